The first kappa shape index (κ1) is 9.24. The Morgan fingerprint density at radius 1 is 1.00 bits per heavy atom. The average molecular weight is 182 g/mol. The van der Waals surface area contributed by atoms with Gasteiger partial charge >= 0.3 is 0 Å². The van der Waals surface area contributed by atoms with Gasteiger partial charge in [-0.1, -0.05) is 0 Å². The molecule has 0 aromatic carbocycles. The summed E-state index contributed by atoms with van der Waals surface area (Å²) in [4.78, 5) is 19.2. The molecule has 0 aromatic heterocycles. The van der Waals surface area contributed by atoms with Crippen molar-refractivity contribution in [2.75, 3.05) is 0 Å². The second-order valence-corrected chi connectivity index (χ2v) is 2.69. The number of amides is 2. The van der Waals surface area contributed by atoms with Gasteiger partial charge in [-0.2, -0.15) is 0 Å². The molecule has 2 amide bonds. The van der Waals surface area contributed by atoms with Crippen LogP contribution in [0.4, 0.5) is 9.59 Å². The van der Waals surface area contributed by atoms with E-state index in [1.54, 1.807) is 9.44 Å². The van der Waals surface area contributed by atoms with Crippen LogP contribution < -0.4 is 19.7 Å². The monoisotopic (exact) mass is 182 g/mol. The fraction of sp³-hybridized carbons (Fsp3) is 0. The Kier molecular flexibility index (Phi) is 4.67. The lowest BCUT2D eigenvalue weighted by atomic mass is 11.3. The van der Waals surface area contributed by atoms with Crippen LogP contribution in [0.3, 0.4) is 0 Å². The molecule has 0 spiro atoms. The highest BCUT2D eigenvalue weighted by atomic mass is 33.1. The van der Waals surface area contributed by atoms with Crippen molar-refractivity contribution in [3.8, 4) is 0 Å². The normalized spacial score (nSPS) is 8.40. The summed E-state index contributed by atoms with van der Waals surface area (Å²) in [6.07, 6.45) is -2.98. The summed E-state index contributed by atoms with van der Waals surface area (Å²) in [6, 6.07) is 0. The van der Waals surface area contributed by atoms with Crippen LogP contribution >= 0.6 is 22.0 Å². The highest BCUT2D eigenvalue weighted by Gasteiger charge is 1.86. The van der Waals surface area contributed by atoms with Crippen LogP contribution in [0.2, 0.25) is 0 Å². The summed E-state index contributed by atoms with van der Waals surface area (Å²) >= 11 is 0. The predicted molar refractivity (Wildman–Crippen MR) is 32.2 cm³/mol. The Labute approximate surface area is 64.0 Å². The van der Waals surface area contributed by atoms with Gasteiger partial charge in [-0.15, -0.1) is 0 Å². The van der Waals surface area contributed by atoms with Crippen molar-refractivity contribution in [2.24, 2.45) is 0 Å². The molecule has 0 fully saturated rings. The number of nitrogens with one attached hydrogen (secondary N) is 2. The third-order valence-corrected chi connectivity index (χ3v) is 1.62. The average Bonchev–Trinajstić information content (AvgIpc) is 1.79. The van der Waals surface area contributed by atoms with Crippen LogP contribution in [0.25, 0.3) is 0 Å². The molecule has 6 nitrogen and oxygen atoms in total. The SMILES string of the molecule is O=C([O-])NSSNC(=O)[O-]. The Morgan fingerprint density at radius 3 is 1.50 bits per heavy atom. The highest BCUT2D eigenvalue weighted by molar-refractivity contribution is 8.75. The molecule has 0 aliphatic carbocycles. The van der Waals surface area contributed by atoms with E-state index in [4.69, 9.17) is 0 Å². The van der Waals surface area contributed by atoms with E-state index in [-0.39, 0.29) is 0 Å². The zero-order valence-corrected chi connectivity index (χ0v) is 6.08. The minimum absolute atomic E-state index is 0.562. The van der Waals surface area contributed by atoms with Crippen LogP contribution in [-0.2, 0) is 0 Å². The molecule has 0 radical (unpaired) electrons. The van der Waals surface area contributed by atoms with Crippen LogP contribution in [0, 0.1) is 0 Å². The zero-order chi connectivity index (χ0) is 7.98. The second kappa shape index (κ2) is 5.06. The molecule has 0 saturated carbocycles. The lowest BCUT2D eigenvalue weighted by molar-refractivity contribution is -0.248. The molecule has 10 heavy (non-hydrogen) atoms. The Bertz CT molecular complexity index is 123. The molecule has 0 atom stereocenters. The highest BCUT2D eigenvalue weighted by Crippen LogP contribution is 2.10. The summed E-state index contributed by atoms with van der Waals surface area (Å²) in [6.45, 7) is 0. The molecule has 0 bridgehead atoms. The van der Waals surface area contributed by atoms with Gasteiger partial charge in [0.1, 0.15) is 12.2 Å². The molecular formula is C2H2N2O4S2-2. The number of carbonyl (C=O) groups excluding carboxylic acids is 2. The Morgan fingerprint density at radius 2 is 1.30 bits per heavy atom. The van der Waals surface area contributed by atoms with E-state index in [0.717, 1.165) is 0 Å². The fourth-order valence-corrected chi connectivity index (χ4v) is 0.987. The summed E-state index contributed by atoms with van der Waals surface area (Å²) in [5.41, 5.74) is 0. The van der Waals surface area contributed by atoms with Crippen LogP contribution in [0.15, 0.2) is 0 Å². The van der Waals surface area contributed by atoms with Gasteiger partial charge in [-0.3, -0.25) is 0 Å². The molecule has 58 valence electrons. The minimum atomic E-state index is -1.49. The van der Waals surface area contributed by atoms with Gasteiger partial charge in [-0.25, -0.2) is 0 Å². The van der Waals surface area contributed by atoms with Gasteiger partial charge in [0.15, 0.2) is 0 Å². The predicted octanol–water partition coefficient (Wildman–Crippen LogP) is -1.94. The van der Waals surface area contributed by atoms with Gasteiger partial charge in [0.2, 0.25) is 0 Å². The summed E-state index contributed by atoms with van der Waals surface area (Å²) in [5, 5.41) is 19.2. The minimum Gasteiger partial charge on any atom is -0.529 e. The van der Waals surface area contributed by atoms with Crippen LogP contribution in [0.5, 0.6) is 0 Å². The molecule has 0 unspecified atom stereocenters. The van der Waals surface area contributed by atoms with E-state index in [9.17, 15) is 19.8 Å². The second-order valence-electron chi connectivity index (χ2n) is 0.946. The third-order valence-electron chi connectivity index (χ3n) is 0.292. The van der Waals surface area contributed by atoms with Crippen molar-refractivity contribution in [2.45, 2.75) is 0 Å². The van der Waals surface area contributed by atoms with Gasteiger partial charge in [0.05, 0.1) is 0 Å². The maximum absolute atomic E-state index is 9.60. The first-order valence-corrected chi connectivity index (χ1v) is 4.04. The number of hydrogen-bond acceptors (Lipinski definition) is 6. The van der Waals surface area contributed by atoms with Crippen molar-refractivity contribution < 1.29 is 19.8 Å². The quantitative estimate of drug-likeness (QED) is 0.299. The van der Waals surface area contributed by atoms with Gasteiger partial charge in [0.25, 0.3) is 0 Å². The van der Waals surface area contributed by atoms with Gasteiger partial charge in [0, 0.05) is 22.0 Å². The molecule has 8 heteroatoms. The topological polar surface area (TPSA) is 104 Å². The van der Waals surface area contributed by atoms with Crippen molar-refractivity contribution in [1.29, 1.82) is 0 Å². The van der Waals surface area contributed by atoms with E-state index < -0.39 is 12.2 Å². The van der Waals surface area contributed by atoms with E-state index in [0.29, 0.717) is 22.0 Å². The number of carbonyl (C=O) groups is 2. The van der Waals surface area contributed by atoms with Crippen molar-refractivity contribution in [1.82, 2.24) is 9.44 Å². The Hall–Kier alpha value is -0.760. The number of rotatable bonds is 3. The van der Waals surface area contributed by atoms with Crippen molar-refractivity contribution in [3.05, 3.63) is 0 Å². The van der Waals surface area contributed by atoms with Crippen molar-refractivity contribution in [3.63, 3.8) is 0 Å². The van der Waals surface area contributed by atoms with E-state index >= 15 is 0 Å². The number of hydrogen-bond donors (Lipinski definition) is 2. The first-order chi connectivity index (χ1) is 4.63. The smallest absolute Gasteiger partial charge is 0.145 e. The molecule has 0 aromatic rings. The lowest BCUT2D eigenvalue weighted by Crippen LogP contribution is -2.34. The zero-order valence-electron chi connectivity index (χ0n) is 4.45. The molecule has 0 aliphatic rings. The fourth-order valence-electron chi connectivity index (χ4n) is 0.110. The summed E-state index contributed by atoms with van der Waals surface area (Å²) in [5.74, 6) is 0. The molecule has 0 aliphatic heterocycles. The molecule has 0 heterocycles. The summed E-state index contributed by atoms with van der Waals surface area (Å²) in [7, 11) is 1.12. The largest absolute Gasteiger partial charge is 0.529 e. The van der Waals surface area contributed by atoms with Crippen LogP contribution in [-0.4, -0.2) is 12.2 Å². The Balaban J connectivity index is 3.06. The maximum atomic E-state index is 9.60. The lowest BCUT2D eigenvalue weighted by Gasteiger charge is -2.05. The van der Waals surface area contributed by atoms with E-state index in [1.165, 1.54) is 0 Å². The molecule has 0 saturated heterocycles. The third kappa shape index (κ3) is 7.24. The number of carboxylic acid groups (broad SMARTS) is 2. The van der Waals surface area contributed by atoms with Crippen LogP contribution in [0.1, 0.15) is 0 Å². The molecule has 2 N–H and O–H groups in total. The summed E-state index contributed by atoms with van der Waals surface area (Å²) < 4.78 is 3.46. The van der Waals surface area contributed by atoms with Gasteiger partial charge < -0.3 is 29.2 Å². The van der Waals surface area contributed by atoms with Crippen molar-refractivity contribution >= 4 is 34.1 Å². The first-order valence-electron chi connectivity index (χ1n) is 1.89. The van der Waals surface area contributed by atoms with Gasteiger partial charge in [-0.05, 0) is 0 Å². The standard InChI is InChI=1S/C2H4N2O4S2/c5-1(6)3-9-10-4-2(7)8/h3-4H,(H,5,6)(H,7,8)/p-2. The maximum Gasteiger partial charge on any atom is 0.145 e. The van der Waals surface area contributed by atoms with E-state index in [1.807, 2.05) is 0 Å². The van der Waals surface area contributed by atoms with E-state index in [2.05, 4.69) is 0 Å². The molecule has 0 rings (SSSR count). The molecular weight excluding hydrogens is 180 g/mol.